The number of carbonyl (C=O) groups is 3. The van der Waals surface area contributed by atoms with Crippen molar-refractivity contribution >= 4 is 17.5 Å². The van der Waals surface area contributed by atoms with Crippen LogP contribution in [0.3, 0.4) is 0 Å². The van der Waals surface area contributed by atoms with Gasteiger partial charge in [0.05, 0.1) is 6.10 Å². The van der Waals surface area contributed by atoms with Crippen LogP contribution in [0.25, 0.3) is 0 Å². The molecule has 166 valence electrons. The summed E-state index contributed by atoms with van der Waals surface area (Å²) in [4.78, 5) is 36.2. The Balaban J connectivity index is 1.70. The van der Waals surface area contributed by atoms with E-state index in [1.165, 1.54) is 6.92 Å². The van der Waals surface area contributed by atoms with Gasteiger partial charge in [-0.3, -0.25) is 14.4 Å². The molecule has 0 aromatic heterocycles. The highest BCUT2D eigenvalue weighted by Crippen LogP contribution is 2.68. The van der Waals surface area contributed by atoms with E-state index in [1.807, 2.05) is 13.0 Å². The smallest absolute Gasteiger partial charge is 0.303 e. The van der Waals surface area contributed by atoms with Crippen LogP contribution in [0.4, 0.5) is 0 Å². The maximum absolute atomic E-state index is 13.0. The van der Waals surface area contributed by atoms with Crippen molar-refractivity contribution in [1.29, 1.82) is 0 Å². The minimum atomic E-state index is -1.60. The van der Waals surface area contributed by atoms with Crippen LogP contribution >= 0.6 is 0 Å². The third kappa shape index (κ3) is 2.86. The normalized spacial score (nSPS) is 47.6. The molecule has 4 aliphatic rings. The summed E-state index contributed by atoms with van der Waals surface area (Å²) >= 11 is 0. The van der Waals surface area contributed by atoms with Crippen LogP contribution in [0.2, 0.25) is 0 Å². The Bertz CT molecular complexity index is 817. The fourth-order valence-electron chi connectivity index (χ4n) is 7.76. The van der Waals surface area contributed by atoms with E-state index in [4.69, 9.17) is 4.74 Å². The second-order valence-corrected chi connectivity index (χ2v) is 10.7. The fraction of sp³-hybridized carbons (Fsp3) is 0.792. The number of aliphatic hydroxyl groups is 2. The molecule has 0 spiro atoms. The molecule has 4 aliphatic carbocycles. The molecule has 0 aromatic carbocycles. The third-order valence-corrected chi connectivity index (χ3v) is 9.27. The molecule has 0 aliphatic heterocycles. The van der Waals surface area contributed by atoms with Crippen LogP contribution in [0.15, 0.2) is 11.6 Å². The molecule has 2 N–H and O–H groups in total. The predicted molar refractivity (Wildman–Crippen MR) is 109 cm³/mol. The number of rotatable bonds is 3. The van der Waals surface area contributed by atoms with Crippen molar-refractivity contribution in [1.82, 2.24) is 0 Å². The molecule has 0 saturated heterocycles. The van der Waals surface area contributed by atoms with Gasteiger partial charge in [-0.1, -0.05) is 26.3 Å². The van der Waals surface area contributed by atoms with E-state index >= 15 is 0 Å². The minimum Gasteiger partial charge on any atom is -0.458 e. The number of allylic oxidation sites excluding steroid dienone is 1. The molecular formula is C24H34O6. The third-order valence-electron chi connectivity index (χ3n) is 9.27. The minimum absolute atomic E-state index is 0.0181. The molecule has 3 fully saturated rings. The first kappa shape index (κ1) is 21.7. The summed E-state index contributed by atoms with van der Waals surface area (Å²) in [5.74, 6) is -0.292. The van der Waals surface area contributed by atoms with Crippen molar-refractivity contribution in [2.45, 2.75) is 77.9 Å². The zero-order chi connectivity index (χ0) is 22.1. The molecule has 0 bridgehead atoms. The molecule has 3 saturated carbocycles. The maximum Gasteiger partial charge on any atom is 0.303 e. The van der Waals surface area contributed by atoms with Gasteiger partial charge in [0, 0.05) is 18.8 Å². The lowest BCUT2D eigenvalue weighted by Gasteiger charge is -2.62. The average molecular weight is 419 g/mol. The summed E-state index contributed by atoms with van der Waals surface area (Å²) in [6.07, 6.45) is 4.61. The van der Waals surface area contributed by atoms with E-state index < -0.39 is 35.5 Å². The van der Waals surface area contributed by atoms with Gasteiger partial charge in [-0.05, 0) is 67.3 Å². The predicted octanol–water partition coefficient (Wildman–Crippen LogP) is 2.60. The molecule has 8 atom stereocenters. The number of ether oxygens (including phenoxy) is 1. The highest BCUT2D eigenvalue weighted by atomic mass is 16.5. The molecule has 0 heterocycles. The number of aliphatic hydroxyl groups excluding tert-OH is 1. The lowest BCUT2D eigenvalue weighted by molar-refractivity contribution is -0.190. The van der Waals surface area contributed by atoms with E-state index in [2.05, 4.69) is 13.8 Å². The van der Waals surface area contributed by atoms with Gasteiger partial charge in [-0.25, -0.2) is 0 Å². The molecular weight excluding hydrogens is 384 g/mol. The Morgan fingerprint density at radius 1 is 1.27 bits per heavy atom. The zero-order valence-corrected chi connectivity index (χ0v) is 18.4. The topological polar surface area (TPSA) is 101 Å². The van der Waals surface area contributed by atoms with E-state index in [1.54, 1.807) is 0 Å². The second-order valence-electron chi connectivity index (χ2n) is 10.7. The monoisotopic (exact) mass is 418 g/mol. The van der Waals surface area contributed by atoms with Crippen molar-refractivity contribution in [3.05, 3.63) is 11.6 Å². The van der Waals surface area contributed by atoms with Crippen molar-refractivity contribution in [2.75, 3.05) is 6.61 Å². The summed E-state index contributed by atoms with van der Waals surface area (Å²) in [5, 5.41) is 23.0. The van der Waals surface area contributed by atoms with Crippen LogP contribution in [-0.4, -0.2) is 46.1 Å². The van der Waals surface area contributed by atoms with Crippen molar-refractivity contribution in [2.24, 2.45) is 34.5 Å². The van der Waals surface area contributed by atoms with Crippen molar-refractivity contribution < 1.29 is 29.3 Å². The van der Waals surface area contributed by atoms with E-state index in [9.17, 15) is 24.6 Å². The van der Waals surface area contributed by atoms with Gasteiger partial charge < -0.3 is 14.9 Å². The Morgan fingerprint density at radius 3 is 2.63 bits per heavy atom. The lowest BCUT2D eigenvalue weighted by Crippen LogP contribution is -2.63. The quantitative estimate of drug-likeness (QED) is 0.683. The summed E-state index contributed by atoms with van der Waals surface area (Å²) < 4.78 is 4.91. The average Bonchev–Trinajstić information content (AvgIpc) is 2.92. The summed E-state index contributed by atoms with van der Waals surface area (Å²) in [5.41, 5.74) is -1.41. The van der Waals surface area contributed by atoms with Crippen LogP contribution in [0, 0.1) is 34.5 Å². The number of Topliss-reactive ketones (excluding diaryl/α,β-unsaturated/α-hetero) is 1. The van der Waals surface area contributed by atoms with Crippen LogP contribution in [-0.2, 0) is 19.1 Å². The van der Waals surface area contributed by atoms with Gasteiger partial charge >= 0.3 is 5.97 Å². The lowest BCUT2D eigenvalue weighted by atomic mass is 9.43. The van der Waals surface area contributed by atoms with Gasteiger partial charge in [0.1, 0.15) is 5.60 Å². The number of ketones is 2. The molecule has 0 amide bonds. The van der Waals surface area contributed by atoms with Gasteiger partial charge in [-0.2, -0.15) is 0 Å². The Kier molecular flexibility index (Phi) is 5.06. The molecule has 0 radical (unpaired) electrons. The maximum atomic E-state index is 13.0. The van der Waals surface area contributed by atoms with Gasteiger partial charge in [-0.15, -0.1) is 0 Å². The highest BCUT2D eigenvalue weighted by molar-refractivity contribution is 5.92. The second kappa shape index (κ2) is 6.99. The van der Waals surface area contributed by atoms with Gasteiger partial charge in [0.2, 0.25) is 5.78 Å². The first-order valence-corrected chi connectivity index (χ1v) is 11.2. The zero-order valence-electron chi connectivity index (χ0n) is 18.4. The molecule has 0 unspecified atom stereocenters. The number of hydrogen-bond acceptors (Lipinski definition) is 6. The highest BCUT2D eigenvalue weighted by Gasteiger charge is 2.69. The standard InChI is InChI=1S/C24H34O6/c1-13-9-15-10-16(26)5-7-22(15,3)21-18(27)11-23(4)17(20(13)21)6-8-24(23,29)19(28)12-30-14(2)25/h10,13,17-18,20-21,27,29H,5-9,11-12H2,1-4H3/t13-,17+,18+,20+,21+,22+,23+,24+/m1/s1. The van der Waals surface area contributed by atoms with Gasteiger partial charge in [0.15, 0.2) is 12.4 Å². The van der Waals surface area contributed by atoms with Gasteiger partial charge in [0.25, 0.3) is 0 Å². The van der Waals surface area contributed by atoms with Crippen LogP contribution < -0.4 is 0 Å². The van der Waals surface area contributed by atoms with E-state index in [0.717, 1.165) is 18.4 Å². The number of hydrogen-bond donors (Lipinski definition) is 2. The first-order chi connectivity index (χ1) is 13.9. The number of carbonyl (C=O) groups excluding carboxylic acids is 3. The van der Waals surface area contributed by atoms with Crippen molar-refractivity contribution in [3.8, 4) is 0 Å². The first-order valence-electron chi connectivity index (χ1n) is 11.2. The van der Waals surface area contributed by atoms with Crippen LogP contribution in [0.1, 0.15) is 66.2 Å². The molecule has 6 nitrogen and oxygen atoms in total. The number of fused-ring (bicyclic) bond motifs is 5. The Hall–Kier alpha value is -1.53. The number of esters is 1. The van der Waals surface area contributed by atoms with E-state index in [0.29, 0.717) is 25.7 Å². The summed E-state index contributed by atoms with van der Waals surface area (Å²) in [7, 11) is 0. The van der Waals surface area contributed by atoms with E-state index in [-0.39, 0.29) is 34.9 Å². The largest absolute Gasteiger partial charge is 0.458 e. The molecule has 30 heavy (non-hydrogen) atoms. The molecule has 0 aromatic rings. The SMILES string of the molecule is CC(=O)OCC(=O)[C@@]1(O)CC[C@H]2[C@H]3[C@H]([C@@H](O)C[C@@]21C)[C@@]1(C)CCC(=O)C=C1C[C@H]3C. The van der Waals surface area contributed by atoms with Crippen molar-refractivity contribution in [3.63, 3.8) is 0 Å². The Labute approximate surface area is 178 Å². The summed E-state index contributed by atoms with van der Waals surface area (Å²) in [6.45, 7) is 7.11. The summed E-state index contributed by atoms with van der Waals surface area (Å²) in [6, 6.07) is 0. The van der Waals surface area contributed by atoms with Crippen LogP contribution in [0.5, 0.6) is 0 Å². The fourth-order valence-corrected chi connectivity index (χ4v) is 7.76. The molecule has 4 rings (SSSR count). The molecule has 6 heteroatoms. The Morgan fingerprint density at radius 2 is 1.97 bits per heavy atom.